The minimum absolute atomic E-state index is 0.174. The molecule has 0 N–H and O–H groups in total. The first-order chi connectivity index (χ1) is 10.2. The quantitative estimate of drug-likeness (QED) is 0.837. The number of benzene rings is 1. The number of fused-ring (bicyclic) bond motifs is 1. The Bertz CT molecular complexity index is 735. The van der Waals surface area contributed by atoms with Crippen molar-refractivity contribution in [3.63, 3.8) is 0 Å². The number of methoxy groups -OCH3 is 2. The zero-order chi connectivity index (χ0) is 15.0. The van der Waals surface area contributed by atoms with Crippen molar-refractivity contribution in [1.82, 2.24) is 0 Å². The third kappa shape index (κ3) is 1.91. The van der Waals surface area contributed by atoms with Crippen LogP contribution in [0.4, 0.5) is 0 Å². The van der Waals surface area contributed by atoms with Crippen molar-refractivity contribution in [3.8, 4) is 5.75 Å². The molecule has 0 amide bonds. The largest absolute Gasteiger partial charge is 0.496 e. The van der Waals surface area contributed by atoms with Gasteiger partial charge in [-0.2, -0.15) is 0 Å². The summed E-state index contributed by atoms with van der Waals surface area (Å²) >= 11 is 0. The van der Waals surface area contributed by atoms with Crippen LogP contribution in [0.1, 0.15) is 27.1 Å². The fourth-order valence-electron chi connectivity index (χ4n) is 2.71. The molecule has 0 aromatic heterocycles. The minimum atomic E-state index is -0.199. The SMILES string of the molecule is COC1=CC=CCC2=C1C(=O)c1cccc(OC)c1C2=O. The first kappa shape index (κ1) is 13.4. The number of hydrogen-bond acceptors (Lipinski definition) is 4. The molecule has 21 heavy (non-hydrogen) atoms. The van der Waals surface area contributed by atoms with Crippen LogP contribution in [0.25, 0.3) is 0 Å². The van der Waals surface area contributed by atoms with Crippen LogP contribution in [0, 0.1) is 0 Å². The molecule has 4 heteroatoms. The van der Waals surface area contributed by atoms with E-state index in [0.717, 1.165) is 0 Å². The van der Waals surface area contributed by atoms with Gasteiger partial charge in [0.25, 0.3) is 0 Å². The van der Waals surface area contributed by atoms with Gasteiger partial charge in [-0.1, -0.05) is 24.3 Å². The van der Waals surface area contributed by atoms with E-state index >= 15 is 0 Å². The first-order valence-corrected chi connectivity index (χ1v) is 6.59. The normalized spacial score (nSPS) is 17.0. The number of ketones is 2. The van der Waals surface area contributed by atoms with Crippen LogP contribution in [0.2, 0.25) is 0 Å². The van der Waals surface area contributed by atoms with E-state index in [1.807, 2.05) is 6.08 Å². The average Bonchev–Trinajstić information content (AvgIpc) is 2.74. The summed E-state index contributed by atoms with van der Waals surface area (Å²) in [5.74, 6) is 0.473. The zero-order valence-electron chi connectivity index (χ0n) is 11.8. The van der Waals surface area contributed by atoms with E-state index in [0.29, 0.717) is 40.2 Å². The maximum absolute atomic E-state index is 12.8. The lowest BCUT2D eigenvalue weighted by molar-refractivity contribution is 0.0965. The molecule has 0 fully saturated rings. The van der Waals surface area contributed by atoms with Crippen LogP contribution < -0.4 is 4.74 Å². The predicted molar refractivity (Wildman–Crippen MR) is 77.5 cm³/mol. The molecule has 2 aliphatic rings. The molecule has 0 heterocycles. The lowest BCUT2D eigenvalue weighted by Gasteiger charge is -2.22. The van der Waals surface area contributed by atoms with Gasteiger partial charge in [-0.05, 0) is 18.6 Å². The van der Waals surface area contributed by atoms with Gasteiger partial charge in [0, 0.05) is 11.1 Å². The van der Waals surface area contributed by atoms with Gasteiger partial charge in [-0.15, -0.1) is 0 Å². The second kappa shape index (κ2) is 5.05. The molecule has 0 atom stereocenters. The minimum Gasteiger partial charge on any atom is -0.496 e. The van der Waals surface area contributed by atoms with E-state index < -0.39 is 0 Å². The third-order valence-electron chi connectivity index (χ3n) is 3.69. The Morgan fingerprint density at radius 2 is 1.86 bits per heavy atom. The summed E-state index contributed by atoms with van der Waals surface area (Å²) in [6.45, 7) is 0. The van der Waals surface area contributed by atoms with Gasteiger partial charge in [0.15, 0.2) is 11.6 Å². The summed E-state index contributed by atoms with van der Waals surface area (Å²) in [4.78, 5) is 25.6. The van der Waals surface area contributed by atoms with E-state index in [2.05, 4.69) is 0 Å². The maximum Gasteiger partial charge on any atom is 0.198 e. The molecule has 3 rings (SSSR count). The molecule has 0 saturated carbocycles. The molecule has 2 aliphatic carbocycles. The van der Waals surface area contributed by atoms with Gasteiger partial charge in [0.1, 0.15) is 11.5 Å². The second-order valence-corrected chi connectivity index (χ2v) is 4.76. The van der Waals surface area contributed by atoms with Crippen LogP contribution >= 0.6 is 0 Å². The summed E-state index contributed by atoms with van der Waals surface area (Å²) in [5.41, 5.74) is 1.52. The lowest BCUT2D eigenvalue weighted by atomic mass is 9.82. The van der Waals surface area contributed by atoms with Gasteiger partial charge in [-0.25, -0.2) is 0 Å². The van der Waals surface area contributed by atoms with Gasteiger partial charge >= 0.3 is 0 Å². The first-order valence-electron chi connectivity index (χ1n) is 6.59. The van der Waals surface area contributed by atoms with Crippen LogP contribution in [-0.4, -0.2) is 25.8 Å². The number of carbonyl (C=O) groups excluding carboxylic acids is 2. The Morgan fingerprint density at radius 3 is 2.57 bits per heavy atom. The molecular weight excluding hydrogens is 268 g/mol. The molecule has 4 nitrogen and oxygen atoms in total. The number of ether oxygens (including phenoxy) is 2. The van der Waals surface area contributed by atoms with E-state index in [1.165, 1.54) is 14.2 Å². The molecule has 0 unspecified atom stereocenters. The molecule has 1 aromatic rings. The molecule has 106 valence electrons. The summed E-state index contributed by atoms with van der Waals surface area (Å²) in [7, 11) is 2.99. The van der Waals surface area contributed by atoms with Crippen molar-refractivity contribution in [2.45, 2.75) is 6.42 Å². The van der Waals surface area contributed by atoms with Crippen LogP contribution in [0.5, 0.6) is 5.75 Å². The number of allylic oxidation sites excluding steroid dienone is 5. The van der Waals surface area contributed by atoms with Gasteiger partial charge in [0.05, 0.1) is 25.4 Å². The summed E-state index contributed by atoms with van der Waals surface area (Å²) < 4.78 is 10.5. The Hall–Kier alpha value is -2.62. The van der Waals surface area contributed by atoms with Crippen molar-refractivity contribution >= 4 is 11.6 Å². The predicted octanol–water partition coefficient (Wildman–Crippen LogP) is 2.86. The van der Waals surface area contributed by atoms with E-state index in [1.54, 1.807) is 30.4 Å². The highest BCUT2D eigenvalue weighted by atomic mass is 16.5. The maximum atomic E-state index is 12.8. The topological polar surface area (TPSA) is 52.6 Å². The zero-order valence-corrected chi connectivity index (χ0v) is 11.8. The van der Waals surface area contributed by atoms with Crippen molar-refractivity contribution < 1.29 is 19.1 Å². The molecular formula is C17H14O4. The van der Waals surface area contributed by atoms with Crippen LogP contribution in [0.3, 0.4) is 0 Å². The van der Waals surface area contributed by atoms with E-state index in [4.69, 9.17) is 9.47 Å². The third-order valence-corrected chi connectivity index (χ3v) is 3.69. The number of Topliss-reactive ketones (excluding diaryl/α,β-unsaturated/α-hetero) is 2. The fourth-order valence-corrected chi connectivity index (χ4v) is 2.71. The van der Waals surface area contributed by atoms with Gasteiger partial charge in [-0.3, -0.25) is 9.59 Å². The lowest BCUT2D eigenvalue weighted by Crippen LogP contribution is -2.24. The molecule has 1 aromatic carbocycles. The number of carbonyl (C=O) groups is 2. The Labute approximate surface area is 122 Å². The van der Waals surface area contributed by atoms with Crippen molar-refractivity contribution in [1.29, 1.82) is 0 Å². The van der Waals surface area contributed by atoms with Crippen molar-refractivity contribution in [3.05, 3.63) is 64.5 Å². The molecule has 0 bridgehead atoms. The highest BCUT2D eigenvalue weighted by Gasteiger charge is 2.36. The Balaban J connectivity index is 2.27. The Morgan fingerprint density at radius 1 is 1.05 bits per heavy atom. The van der Waals surface area contributed by atoms with E-state index in [9.17, 15) is 9.59 Å². The summed E-state index contributed by atoms with van der Waals surface area (Å²) in [5, 5.41) is 0. The van der Waals surface area contributed by atoms with Crippen LogP contribution in [-0.2, 0) is 4.74 Å². The molecule has 0 radical (unpaired) electrons. The van der Waals surface area contributed by atoms with Gasteiger partial charge in [0.2, 0.25) is 0 Å². The monoisotopic (exact) mass is 282 g/mol. The van der Waals surface area contributed by atoms with Gasteiger partial charge < -0.3 is 9.47 Å². The molecule has 0 saturated heterocycles. The smallest absolute Gasteiger partial charge is 0.198 e. The van der Waals surface area contributed by atoms with Crippen molar-refractivity contribution in [2.75, 3.05) is 14.2 Å². The van der Waals surface area contributed by atoms with Crippen LogP contribution in [0.15, 0.2) is 53.3 Å². The number of hydrogen-bond donors (Lipinski definition) is 0. The molecule has 0 spiro atoms. The standard InChI is InChI=1S/C17H14O4/c1-20-12-8-4-3-6-10-14(12)17(19)11-7-5-9-13(21-2)15(11)16(10)18/h3-5,7-9H,6H2,1-2H3. The summed E-state index contributed by atoms with van der Waals surface area (Å²) in [6.07, 6.45) is 5.74. The fraction of sp³-hybridized carbons (Fsp3) is 0.176. The second-order valence-electron chi connectivity index (χ2n) is 4.76. The summed E-state index contributed by atoms with van der Waals surface area (Å²) in [6, 6.07) is 5.04. The average molecular weight is 282 g/mol. The Kier molecular flexibility index (Phi) is 3.22. The van der Waals surface area contributed by atoms with E-state index in [-0.39, 0.29) is 11.6 Å². The highest BCUT2D eigenvalue weighted by Crippen LogP contribution is 2.37. The van der Waals surface area contributed by atoms with Crippen molar-refractivity contribution in [2.24, 2.45) is 0 Å². The number of rotatable bonds is 2. The highest BCUT2D eigenvalue weighted by molar-refractivity contribution is 6.29. The molecule has 0 aliphatic heterocycles.